The molecule has 1 saturated carbocycles. The van der Waals surface area contributed by atoms with Crippen LogP contribution in [0.1, 0.15) is 56.1 Å². The maximum atomic E-state index is 13.9. The molecule has 1 aliphatic carbocycles. The van der Waals surface area contributed by atoms with Crippen LogP contribution in [0.3, 0.4) is 0 Å². The van der Waals surface area contributed by atoms with E-state index in [0.29, 0.717) is 23.3 Å². The number of hydrogen-bond donors (Lipinski definition) is 0. The van der Waals surface area contributed by atoms with E-state index in [1.807, 2.05) is 47.5 Å². The smallest absolute Gasteiger partial charge is 0.233 e. The fourth-order valence-corrected chi connectivity index (χ4v) is 6.16. The maximum absolute atomic E-state index is 13.9. The summed E-state index contributed by atoms with van der Waals surface area (Å²) in [6.07, 6.45) is 10.8. The number of amides is 2. The number of pyridine rings is 1. The Hall–Kier alpha value is -2.40. The van der Waals surface area contributed by atoms with E-state index in [4.69, 9.17) is 11.6 Å². The Kier molecular flexibility index (Phi) is 6.42. The Labute approximate surface area is 201 Å². The first-order valence-corrected chi connectivity index (χ1v) is 12.7. The second-order valence-electron chi connectivity index (χ2n) is 9.90. The lowest BCUT2D eigenvalue weighted by Gasteiger charge is -2.52. The molecule has 0 radical (unpaired) electrons. The lowest BCUT2D eigenvalue weighted by molar-refractivity contribution is -0.149. The van der Waals surface area contributed by atoms with Gasteiger partial charge in [0.2, 0.25) is 11.8 Å². The summed E-state index contributed by atoms with van der Waals surface area (Å²) in [7, 11) is 0. The van der Waals surface area contributed by atoms with Gasteiger partial charge < -0.3 is 9.80 Å². The Morgan fingerprint density at radius 2 is 1.88 bits per heavy atom. The number of benzene rings is 1. The summed E-state index contributed by atoms with van der Waals surface area (Å²) in [5.41, 5.74) is 1.82. The zero-order chi connectivity index (χ0) is 22.8. The normalized spacial score (nSPS) is 24.0. The number of likely N-dealkylation sites (tertiary alicyclic amines) is 2. The predicted octanol–water partition coefficient (Wildman–Crippen LogP) is 4.63. The van der Waals surface area contributed by atoms with Crippen molar-refractivity contribution in [2.45, 2.75) is 62.8 Å². The van der Waals surface area contributed by atoms with E-state index in [-0.39, 0.29) is 17.4 Å². The number of hydrogen-bond acceptors (Lipinski definition) is 3. The number of carbonyl (C=O) groups excluding carboxylic acids is 2. The van der Waals surface area contributed by atoms with Gasteiger partial charge in [-0.2, -0.15) is 0 Å². The van der Waals surface area contributed by atoms with E-state index in [2.05, 4.69) is 9.88 Å². The number of rotatable bonds is 5. The van der Waals surface area contributed by atoms with E-state index in [1.54, 1.807) is 6.20 Å². The molecule has 174 valence electrons. The van der Waals surface area contributed by atoms with Crippen molar-refractivity contribution in [3.8, 4) is 0 Å². The molecule has 1 aromatic carbocycles. The minimum Gasteiger partial charge on any atom is -0.342 e. The summed E-state index contributed by atoms with van der Waals surface area (Å²) in [5, 5.41) is 0.708. The van der Waals surface area contributed by atoms with Crippen LogP contribution in [0.2, 0.25) is 5.02 Å². The highest BCUT2D eigenvalue weighted by molar-refractivity contribution is 6.30. The molecule has 6 heteroatoms. The van der Waals surface area contributed by atoms with E-state index >= 15 is 0 Å². The highest BCUT2D eigenvalue weighted by Crippen LogP contribution is 2.47. The first-order chi connectivity index (χ1) is 16.1. The summed E-state index contributed by atoms with van der Waals surface area (Å²) >= 11 is 6.11. The van der Waals surface area contributed by atoms with E-state index < -0.39 is 0 Å². The lowest BCUT2D eigenvalue weighted by Crippen LogP contribution is -2.61. The average molecular weight is 466 g/mol. The van der Waals surface area contributed by atoms with Crippen LogP contribution in [-0.2, 0) is 21.4 Å². The van der Waals surface area contributed by atoms with Gasteiger partial charge in [0.1, 0.15) is 0 Å². The second kappa shape index (κ2) is 9.46. The van der Waals surface area contributed by atoms with Crippen molar-refractivity contribution in [2.75, 3.05) is 19.6 Å². The highest BCUT2D eigenvalue weighted by Gasteiger charge is 2.50. The van der Waals surface area contributed by atoms with Gasteiger partial charge in [0.05, 0.1) is 5.41 Å². The number of aryl methyl sites for hydroxylation is 1. The fraction of sp³-hybridized carbons (Fsp3) is 0.519. The molecule has 0 spiro atoms. The molecule has 33 heavy (non-hydrogen) atoms. The molecule has 0 unspecified atom stereocenters. The van der Waals surface area contributed by atoms with Crippen LogP contribution >= 0.6 is 11.6 Å². The van der Waals surface area contributed by atoms with Crippen molar-refractivity contribution < 1.29 is 9.59 Å². The Balaban J connectivity index is 1.24. The molecular formula is C27H32ClN3O2. The number of fused-ring (bicyclic) bond motifs is 1. The van der Waals surface area contributed by atoms with Gasteiger partial charge in [0.15, 0.2) is 0 Å². The van der Waals surface area contributed by atoms with E-state index in [0.717, 1.165) is 75.7 Å². The monoisotopic (exact) mass is 465 g/mol. The topological polar surface area (TPSA) is 53.5 Å². The minimum absolute atomic E-state index is 0.220. The SMILES string of the molecule is O=C(CCc1cccnc1)N1CC[C@H]2[C@H](CCCN2C(=O)C2(c3ccc(Cl)cc3)CCC2)C1. The Morgan fingerprint density at radius 3 is 2.58 bits per heavy atom. The predicted molar refractivity (Wildman–Crippen MR) is 129 cm³/mol. The van der Waals surface area contributed by atoms with Gasteiger partial charge in [-0.3, -0.25) is 14.6 Å². The molecule has 0 N–H and O–H groups in total. The van der Waals surface area contributed by atoms with Crippen LogP contribution in [0, 0.1) is 5.92 Å². The number of nitrogens with zero attached hydrogens (tertiary/aromatic N) is 3. The zero-order valence-corrected chi connectivity index (χ0v) is 19.8. The first kappa shape index (κ1) is 22.4. The highest BCUT2D eigenvalue weighted by atomic mass is 35.5. The van der Waals surface area contributed by atoms with Gasteiger partial charge in [-0.25, -0.2) is 0 Å². The number of carbonyl (C=O) groups is 2. The third-order valence-electron chi connectivity index (χ3n) is 8.05. The number of halogens is 1. The summed E-state index contributed by atoms with van der Waals surface area (Å²) < 4.78 is 0. The maximum Gasteiger partial charge on any atom is 0.233 e. The molecule has 3 aliphatic rings. The molecule has 2 aromatic rings. The van der Waals surface area contributed by atoms with Crippen LogP contribution in [0.15, 0.2) is 48.8 Å². The molecule has 0 bridgehead atoms. The van der Waals surface area contributed by atoms with Crippen molar-refractivity contribution in [2.24, 2.45) is 5.92 Å². The molecule has 5 rings (SSSR count). The summed E-state index contributed by atoms with van der Waals surface area (Å²) in [4.78, 5) is 35.2. The summed E-state index contributed by atoms with van der Waals surface area (Å²) in [6, 6.07) is 12.1. The first-order valence-electron chi connectivity index (χ1n) is 12.3. The van der Waals surface area contributed by atoms with Gasteiger partial charge in [0.25, 0.3) is 0 Å². The Morgan fingerprint density at radius 1 is 1.06 bits per heavy atom. The summed E-state index contributed by atoms with van der Waals surface area (Å²) in [5.74, 6) is 0.889. The Bertz CT molecular complexity index is 990. The number of piperidine rings is 2. The molecular weight excluding hydrogens is 434 g/mol. The fourth-order valence-electron chi connectivity index (χ4n) is 6.04. The third-order valence-corrected chi connectivity index (χ3v) is 8.30. The molecule has 1 aromatic heterocycles. The van der Waals surface area contributed by atoms with Gasteiger partial charge in [0, 0.05) is 49.5 Å². The molecule has 2 amide bonds. The average Bonchev–Trinajstić information content (AvgIpc) is 2.83. The van der Waals surface area contributed by atoms with Crippen LogP contribution in [-0.4, -0.2) is 52.3 Å². The minimum atomic E-state index is -0.386. The van der Waals surface area contributed by atoms with Crippen molar-refractivity contribution in [3.63, 3.8) is 0 Å². The quantitative estimate of drug-likeness (QED) is 0.647. The van der Waals surface area contributed by atoms with Crippen molar-refractivity contribution >= 4 is 23.4 Å². The van der Waals surface area contributed by atoms with Crippen LogP contribution < -0.4 is 0 Å². The third kappa shape index (κ3) is 4.40. The van der Waals surface area contributed by atoms with Crippen molar-refractivity contribution in [3.05, 3.63) is 64.9 Å². The van der Waals surface area contributed by atoms with E-state index in [9.17, 15) is 9.59 Å². The van der Waals surface area contributed by atoms with Crippen LogP contribution in [0.5, 0.6) is 0 Å². The molecule has 2 aliphatic heterocycles. The summed E-state index contributed by atoms with van der Waals surface area (Å²) in [6.45, 7) is 2.35. The standard InChI is InChI=1S/C27H32ClN3O2/c28-23-9-7-22(8-10-23)27(13-3-14-27)26(33)31-16-2-5-21-19-30(17-12-24(21)31)25(32)11-6-20-4-1-15-29-18-20/h1,4,7-10,15,18,21,24H,2-3,5-6,11-14,16-17,19H2/t21-,24+/m1/s1. The molecule has 2 saturated heterocycles. The van der Waals surface area contributed by atoms with Crippen molar-refractivity contribution in [1.82, 2.24) is 14.8 Å². The zero-order valence-electron chi connectivity index (χ0n) is 19.1. The second-order valence-corrected chi connectivity index (χ2v) is 10.3. The van der Waals surface area contributed by atoms with Gasteiger partial charge >= 0.3 is 0 Å². The molecule has 5 nitrogen and oxygen atoms in total. The van der Waals surface area contributed by atoms with Gasteiger partial charge in [-0.15, -0.1) is 0 Å². The largest absolute Gasteiger partial charge is 0.342 e. The van der Waals surface area contributed by atoms with Crippen LogP contribution in [0.25, 0.3) is 0 Å². The van der Waals surface area contributed by atoms with Gasteiger partial charge in [-0.05, 0) is 73.8 Å². The van der Waals surface area contributed by atoms with Gasteiger partial charge in [-0.1, -0.05) is 36.2 Å². The van der Waals surface area contributed by atoms with Crippen molar-refractivity contribution in [1.29, 1.82) is 0 Å². The molecule has 3 fully saturated rings. The molecule has 3 heterocycles. The lowest BCUT2D eigenvalue weighted by atomic mass is 9.63. The number of aromatic nitrogens is 1. The molecule has 2 atom stereocenters. The van der Waals surface area contributed by atoms with E-state index in [1.165, 1.54) is 0 Å². The van der Waals surface area contributed by atoms with Crippen LogP contribution in [0.4, 0.5) is 0 Å².